The molecule has 0 amide bonds. The van der Waals surface area contributed by atoms with Crippen LogP contribution in [0.1, 0.15) is 68.7 Å². The fourth-order valence-electron chi connectivity index (χ4n) is 5.35. The van der Waals surface area contributed by atoms with E-state index in [-0.39, 0.29) is 24.4 Å². The molecule has 0 bridgehead atoms. The maximum atomic E-state index is 15.0. The molecule has 1 heterocycles. The van der Waals surface area contributed by atoms with Gasteiger partial charge in [-0.1, -0.05) is 37.2 Å². The van der Waals surface area contributed by atoms with Crippen LogP contribution in [0.2, 0.25) is 0 Å². The molecule has 5 rings (SSSR count). The highest BCUT2D eigenvalue weighted by Gasteiger charge is 2.36. The Bertz CT molecular complexity index is 1340. The van der Waals surface area contributed by atoms with Gasteiger partial charge >= 0.3 is 5.97 Å². The number of benzene rings is 2. The second-order valence-electron chi connectivity index (χ2n) is 10.6. The topological polar surface area (TPSA) is 81.8 Å². The minimum atomic E-state index is -0.791. The van der Waals surface area contributed by atoms with Crippen molar-refractivity contribution < 1.29 is 28.3 Å². The third-order valence-electron chi connectivity index (χ3n) is 7.54. The Labute approximate surface area is 216 Å². The van der Waals surface area contributed by atoms with Crippen LogP contribution in [0.3, 0.4) is 0 Å². The molecule has 194 valence electrons. The minimum absolute atomic E-state index is 0.0178. The third kappa shape index (κ3) is 5.26. The molecule has 3 aromatic rings. The molecule has 1 aromatic heterocycles. The van der Waals surface area contributed by atoms with E-state index in [0.717, 1.165) is 42.4 Å². The lowest BCUT2D eigenvalue weighted by Crippen LogP contribution is -2.11. The molecule has 0 radical (unpaired) electrons. The van der Waals surface area contributed by atoms with E-state index in [1.165, 1.54) is 6.07 Å². The van der Waals surface area contributed by atoms with Crippen molar-refractivity contribution in [1.29, 1.82) is 0 Å². The van der Waals surface area contributed by atoms with Crippen molar-refractivity contribution in [2.45, 2.75) is 58.5 Å². The summed E-state index contributed by atoms with van der Waals surface area (Å²) in [7, 11) is 1.54. The van der Waals surface area contributed by atoms with Crippen LogP contribution in [-0.4, -0.2) is 23.3 Å². The van der Waals surface area contributed by atoms with E-state index < -0.39 is 11.8 Å². The van der Waals surface area contributed by atoms with Crippen molar-refractivity contribution in [2.75, 3.05) is 7.11 Å². The van der Waals surface area contributed by atoms with Gasteiger partial charge in [-0.25, -0.2) is 4.39 Å². The molecular formula is C30H32FNO5. The molecule has 37 heavy (non-hydrogen) atoms. The first-order valence-corrected chi connectivity index (χ1v) is 12.7. The second kappa shape index (κ2) is 10.0. The van der Waals surface area contributed by atoms with Gasteiger partial charge in [0.15, 0.2) is 5.76 Å². The van der Waals surface area contributed by atoms with Gasteiger partial charge in [0.25, 0.3) is 0 Å². The number of allylic oxidation sites excluding steroid dienone is 2. The zero-order valence-electron chi connectivity index (χ0n) is 21.4. The summed E-state index contributed by atoms with van der Waals surface area (Å²) in [5, 5.41) is 13.7. The highest BCUT2D eigenvalue weighted by molar-refractivity contribution is 5.83. The van der Waals surface area contributed by atoms with Gasteiger partial charge in [0, 0.05) is 0 Å². The van der Waals surface area contributed by atoms with E-state index >= 15 is 0 Å². The summed E-state index contributed by atoms with van der Waals surface area (Å²) in [4.78, 5) is 11.4. The normalized spacial score (nSPS) is 17.4. The SMILES string of the molecule is COc1ccc(F)c(-c2onc(COc3cccc([C@@H](CC(=O)O)C4CC4)c3)c2C2=CCCC2(C)C)c1. The van der Waals surface area contributed by atoms with Crippen LogP contribution >= 0.6 is 0 Å². The summed E-state index contributed by atoms with van der Waals surface area (Å²) in [6.07, 6.45) is 6.29. The Morgan fingerprint density at radius 1 is 1.22 bits per heavy atom. The van der Waals surface area contributed by atoms with Crippen LogP contribution in [0.4, 0.5) is 4.39 Å². The highest BCUT2D eigenvalue weighted by atomic mass is 19.1. The summed E-state index contributed by atoms with van der Waals surface area (Å²) in [5.74, 6) is 0.705. The Morgan fingerprint density at radius 3 is 2.70 bits per heavy atom. The number of methoxy groups -OCH3 is 1. The molecule has 1 atom stereocenters. The van der Waals surface area contributed by atoms with Gasteiger partial charge in [-0.2, -0.15) is 0 Å². The standard InChI is InChI=1S/C30H32FNO5/c1-30(2)13-5-8-24(30)28-26(32-37-29(28)23-15-20(35-3)11-12-25(23)31)17-36-21-7-4-6-19(14-21)22(16-27(33)34)18-9-10-18/h4,6-8,11-12,14-15,18,22H,5,9-10,13,16-17H2,1-3H3,(H,33,34)/t22-/m0/s1. The fraction of sp³-hybridized carbons (Fsp3) is 0.400. The Balaban J connectivity index is 1.47. The molecular weight excluding hydrogens is 473 g/mol. The molecule has 6 nitrogen and oxygen atoms in total. The van der Waals surface area contributed by atoms with Crippen LogP contribution < -0.4 is 9.47 Å². The Morgan fingerprint density at radius 2 is 2.03 bits per heavy atom. The second-order valence-corrected chi connectivity index (χ2v) is 10.6. The molecule has 0 aliphatic heterocycles. The summed E-state index contributed by atoms with van der Waals surface area (Å²) in [6.45, 7) is 4.46. The van der Waals surface area contributed by atoms with E-state index in [2.05, 4.69) is 25.1 Å². The number of halogens is 1. The number of aromatic nitrogens is 1. The maximum absolute atomic E-state index is 15.0. The molecule has 1 saturated carbocycles. The average molecular weight is 506 g/mol. The Hall–Kier alpha value is -3.61. The van der Waals surface area contributed by atoms with Gasteiger partial charge in [0.2, 0.25) is 0 Å². The first-order valence-electron chi connectivity index (χ1n) is 12.7. The average Bonchev–Trinajstić information content (AvgIpc) is 3.54. The largest absolute Gasteiger partial charge is 0.497 e. The van der Waals surface area contributed by atoms with Gasteiger partial charge in [-0.05, 0) is 84.4 Å². The number of hydrogen-bond acceptors (Lipinski definition) is 5. The first kappa shape index (κ1) is 25.1. The number of carboxylic acid groups (broad SMARTS) is 1. The van der Waals surface area contributed by atoms with E-state index in [9.17, 15) is 14.3 Å². The lowest BCUT2D eigenvalue weighted by molar-refractivity contribution is -0.137. The van der Waals surface area contributed by atoms with E-state index in [1.54, 1.807) is 19.2 Å². The molecule has 2 aromatic carbocycles. The van der Waals surface area contributed by atoms with E-state index in [0.29, 0.717) is 34.4 Å². The number of nitrogens with zero attached hydrogens (tertiary/aromatic N) is 1. The molecule has 1 N–H and O–H groups in total. The lowest BCUT2D eigenvalue weighted by atomic mass is 9.80. The van der Waals surface area contributed by atoms with Crippen LogP contribution in [0, 0.1) is 17.2 Å². The summed E-state index contributed by atoms with van der Waals surface area (Å²) >= 11 is 0. The van der Waals surface area contributed by atoms with E-state index in [1.807, 2.05) is 24.3 Å². The molecule has 0 unspecified atom stereocenters. The molecule has 2 aliphatic rings. The van der Waals surface area contributed by atoms with Crippen LogP contribution in [0.15, 0.2) is 53.1 Å². The number of rotatable bonds is 10. The van der Waals surface area contributed by atoms with Crippen LogP contribution in [0.25, 0.3) is 16.9 Å². The smallest absolute Gasteiger partial charge is 0.303 e. The molecule has 2 aliphatic carbocycles. The predicted octanol–water partition coefficient (Wildman–Crippen LogP) is 7.24. The monoisotopic (exact) mass is 505 g/mol. The van der Waals surface area contributed by atoms with Gasteiger partial charge in [0.05, 0.1) is 24.7 Å². The molecule has 0 saturated heterocycles. The van der Waals surface area contributed by atoms with Crippen molar-refractivity contribution in [3.8, 4) is 22.8 Å². The summed E-state index contributed by atoms with van der Waals surface area (Å²) < 4.78 is 32.2. The van der Waals surface area contributed by atoms with Gasteiger partial charge in [-0.15, -0.1) is 0 Å². The summed E-state index contributed by atoms with van der Waals surface area (Å²) in [6, 6.07) is 12.2. The van der Waals surface area contributed by atoms with Crippen molar-refractivity contribution in [1.82, 2.24) is 5.16 Å². The van der Waals surface area contributed by atoms with Crippen molar-refractivity contribution in [3.05, 3.63) is 71.2 Å². The zero-order chi connectivity index (χ0) is 26.2. The molecule has 0 spiro atoms. The molecule has 1 fully saturated rings. The highest BCUT2D eigenvalue weighted by Crippen LogP contribution is 2.49. The van der Waals surface area contributed by atoms with Crippen LogP contribution in [0.5, 0.6) is 11.5 Å². The summed E-state index contributed by atoms with van der Waals surface area (Å²) in [5.41, 5.74) is 3.55. The Kier molecular flexibility index (Phi) is 6.80. The van der Waals surface area contributed by atoms with Crippen LogP contribution in [-0.2, 0) is 11.4 Å². The number of aliphatic carboxylic acids is 1. The number of ether oxygens (including phenoxy) is 2. The minimum Gasteiger partial charge on any atom is -0.497 e. The van der Waals surface area contributed by atoms with Crippen molar-refractivity contribution >= 4 is 11.5 Å². The number of carbonyl (C=O) groups is 1. The number of hydrogen-bond donors (Lipinski definition) is 1. The lowest BCUT2D eigenvalue weighted by Gasteiger charge is -2.23. The van der Waals surface area contributed by atoms with Gasteiger partial charge in [0.1, 0.15) is 29.6 Å². The van der Waals surface area contributed by atoms with Gasteiger partial charge in [-0.3, -0.25) is 4.79 Å². The number of carboxylic acids is 1. The van der Waals surface area contributed by atoms with Crippen molar-refractivity contribution in [2.24, 2.45) is 11.3 Å². The van der Waals surface area contributed by atoms with Gasteiger partial charge < -0.3 is 19.1 Å². The van der Waals surface area contributed by atoms with Crippen molar-refractivity contribution in [3.63, 3.8) is 0 Å². The first-order chi connectivity index (χ1) is 17.8. The third-order valence-corrected chi connectivity index (χ3v) is 7.54. The quantitative estimate of drug-likeness (QED) is 0.313. The zero-order valence-corrected chi connectivity index (χ0v) is 21.4. The fourth-order valence-corrected chi connectivity index (χ4v) is 5.35. The predicted molar refractivity (Wildman–Crippen MR) is 138 cm³/mol. The molecule has 7 heteroatoms. The maximum Gasteiger partial charge on any atom is 0.303 e. The van der Waals surface area contributed by atoms with E-state index in [4.69, 9.17) is 14.0 Å².